The van der Waals surface area contributed by atoms with Crippen molar-refractivity contribution >= 4 is 45.0 Å². The highest BCUT2D eigenvalue weighted by atomic mass is 32.1. The molecule has 3 aliphatic rings. The van der Waals surface area contributed by atoms with Gasteiger partial charge in [0, 0.05) is 44.0 Å². The first-order valence-electron chi connectivity index (χ1n) is 11.2. The van der Waals surface area contributed by atoms with Crippen LogP contribution < -0.4 is 10.6 Å². The van der Waals surface area contributed by atoms with Gasteiger partial charge in [-0.15, -0.1) is 11.3 Å². The zero-order chi connectivity index (χ0) is 22.0. The van der Waals surface area contributed by atoms with E-state index in [1.165, 1.54) is 0 Å². The molecule has 1 amide bonds. The molecule has 0 radical (unpaired) electrons. The van der Waals surface area contributed by atoms with E-state index in [0.717, 1.165) is 59.7 Å². The number of fused-ring (bicyclic) bond motifs is 1. The molecule has 0 spiro atoms. The number of hydrogen-bond acceptors (Lipinski definition) is 8. The van der Waals surface area contributed by atoms with Crippen LogP contribution in [0.3, 0.4) is 0 Å². The van der Waals surface area contributed by atoms with Crippen LogP contribution in [-0.4, -0.2) is 73.6 Å². The van der Waals surface area contributed by atoms with Crippen LogP contribution in [0.25, 0.3) is 10.2 Å². The second kappa shape index (κ2) is 7.14. The van der Waals surface area contributed by atoms with Crippen LogP contribution >= 0.6 is 11.3 Å². The molecule has 6 rings (SSSR count). The molecule has 3 aromatic rings. The molecule has 3 fully saturated rings. The van der Waals surface area contributed by atoms with Gasteiger partial charge in [0.25, 0.3) is 0 Å². The molecular formula is C22H28N8OS. The Morgan fingerprint density at radius 2 is 2.16 bits per heavy atom. The van der Waals surface area contributed by atoms with Gasteiger partial charge in [0.1, 0.15) is 16.2 Å². The van der Waals surface area contributed by atoms with E-state index in [4.69, 9.17) is 9.97 Å². The SMILES string of the molecule is Cc1cc(Nc2nc(N[C@@H]3C[C@H]4CCC5(C(=O)N(C)C)C[C@@H](C3)N45)nc3sccc23)n[nH]1. The van der Waals surface area contributed by atoms with E-state index >= 15 is 0 Å². The largest absolute Gasteiger partial charge is 0.351 e. The summed E-state index contributed by atoms with van der Waals surface area (Å²) in [7, 11) is 3.75. The van der Waals surface area contributed by atoms with Gasteiger partial charge in [0.05, 0.1) is 5.39 Å². The number of nitrogens with zero attached hydrogens (tertiary/aromatic N) is 5. The zero-order valence-electron chi connectivity index (χ0n) is 18.6. The van der Waals surface area contributed by atoms with Gasteiger partial charge in [-0.2, -0.15) is 10.1 Å². The summed E-state index contributed by atoms with van der Waals surface area (Å²) in [6, 6.07) is 5.23. The Morgan fingerprint density at radius 3 is 2.94 bits per heavy atom. The fourth-order valence-electron chi connectivity index (χ4n) is 6.08. The third-order valence-corrected chi connectivity index (χ3v) is 8.08. The second-order valence-corrected chi connectivity index (χ2v) is 10.5. The summed E-state index contributed by atoms with van der Waals surface area (Å²) in [6.07, 6.45) is 5.07. The number of hydrogen-bond donors (Lipinski definition) is 3. The number of carbonyl (C=O) groups excluding carboxylic acids is 1. The summed E-state index contributed by atoms with van der Waals surface area (Å²) in [6.45, 7) is 1.97. The lowest BCUT2D eigenvalue weighted by atomic mass is 9.73. The third-order valence-electron chi connectivity index (χ3n) is 7.27. The Morgan fingerprint density at radius 1 is 1.31 bits per heavy atom. The fraction of sp³-hybridized carbons (Fsp3) is 0.545. The van der Waals surface area contributed by atoms with Crippen molar-refractivity contribution < 1.29 is 4.79 Å². The van der Waals surface area contributed by atoms with Crippen LogP contribution in [-0.2, 0) is 4.79 Å². The van der Waals surface area contributed by atoms with E-state index in [-0.39, 0.29) is 11.4 Å². The summed E-state index contributed by atoms with van der Waals surface area (Å²) in [5, 5.41) is 17.2. The number of carbonyl (C=O) groups is 1. The Kier molecular flexibility index (Phi) is 4.45. The van der Waals surface area contributed by atoms with E-state index in [0.29, 0.717) is 24.1 Å². The maximum absolute atomic E-state index is 12.9. The minimum Gasteiger partial charge on any atom is -0.351 e. The normalized spacial score (nSPS) is 28.9. The molecule has 0 aliphatic carbocycles. The minimum absolute atomic E-state index is 0.241. The van der Waals surface area contributed by atoms with Gasteiger partial charge in [-0.05, 0) is 50.5 Å². The third kappa shape index (κ3) is 3.00. The summed E-state index contributed by atoms with van der Waals surface area (Å²) in [5.41, 5.74) is 0.753. The van der Waals surface area contributed by atoms with Crippen molar-refractivity contribution in [3.63, 3.8) is 0 Å². The summed E-state index contributed by atoms with van der Waals surface area (Å²) >= 11 is 1.61. The lowest BCUT2D eigenvalue weighted by Crippen LogP contribution is -2.73. The van der Waals surface area contributed by atoms with E-state index < -0.39 is 0 Å². The highest BCUT2D eigenvalue weighted by Crippen LogP contribution is 2.54. The molecule has 3 N–H and O–H groups in total. The Balaban J connectivity index is 1.21. The first-order chi connectivity index (χ1) is 15.4. The number of piperidine rings is 1. The average Bonchev–Trinajstić information content (AvgIpc) is 3.44. The number of amides is 1. The molecule has 0 aromatic carbocycles. The molecule has 3 aromatic heterocycles. The Labute approximate surface area is 190 Å². The van der Waals surface area contributed by atoms with Gasteiger partial charge < -0.3 is 15.5 Å². The minimum atomic E-state index is -0.241. The van der Waals surface area contributed by atoms with E-state index in [2.05, 4.69) is 25.7 Å². The van der Waals surface area contributed by atoms with Gasteiger partial charge in [-0.3, -0.25) is 14.8 Å². The highest BCUT2D eigenvalue weighted by molar-refractivity contribution is 7.16. The Hall–Kier alpha value is -2.72. The van der Waals surface area contributed by atoms with E-state index in [9.17, 15) is 4.79 Å². The van der Waals surface area contributed by atoms with Crippen LogP contribution in [0.4, 0.5) is 17.6 Å². The number of anilines is 3. The van der Waals surface area contributed by atoms with Crippen molar-refractivity contribution in [1.82, 2.24) is 30.0 Å². The highest BCUT2D eigenvalue weighted by Gasteiger charge is 2.64. The number of rotatable bonds is 5. The van der Waals surface area contributed by atoms with E-state index in [1.54, 1.807) is 16.2 Å². The maximum Gasteiger partial charge on any atom is 0.242 e. The maximum atomic E-state index is 12.9. The topological polar surface area (TPSA) is 102 Å². The van der Waals surface area contributed by atoms with Crippen LogP contribution in [0.2, 0.25) is 0 Å². The summed E-state index contributed by atoms with van der Waals surface area (Å²) in [5.74, 6) is 2.44. The lowest BCUT2D eigenvalue weighted by molar-refractivity contribution is -0.162. The van der Waals surface area contributed by atoms with Crippen molar-refractivity contribution in [2.24, 2.45) is 0 Å². The number of likely N-dealkylation sites (N-methyl/N-ethyl adjacent to an activating group) is 1. The lowest BCUT2D eigenvalue weighted by Gasteiger charge is -2.59. The molecule has 10 heteroatoms. The van der Waals surface area contributed by atoms with Gasteiger partial charge in [0.15, 0.2) is 5.82 Å². The first-order valence-corrected chi connectivity index (χ1v) is 12.1. The van der Waals surface area contributed by atoms with Gasteiger partial charge in [-0.1, -0.05) is 0 Å². The number of nitrogens with one attached hydrogen (secondary N) is 3. The molecule has 0 saturated carbocycles. The van der Waals surface area contributed by atoms with Crippen LogP contribution in [0.1, 0.15) is 37.8 Å². The smallest absolute Gasteiger partial charge is 0.242 e. The number of thiophene rings is 1. The molecule has 0 bridgehead atoms. The molecule has 32 heavy (non-hydrogen) atoms. The van der Waals surface area contributed by atoms with E-state index in [1.807, 2.05) is 38.5 Å². The van der Waals surface area contributed by atoms with Crippen molar-refractivity contribution in [1.29, 1.82) is 0 Å². The average molecular weight is 453 g/mol. The number of aromatic amines is 1. The van der Waals surface area contributed by atoms with Gasteiger partial charge >= 0.3 is 0 Å². The summed E-state index contributed by atoms with van der Waals surface area (Å²) < 4.78 is 0. The fourth-order valence-corrected chi connectivity index (χ4v) is 6.84. The predicted octanol–water partition coefficient (Wildman–Crippen LogP) is 3.10. The van der Waals surface area contributed by atoms with Crippen LogP contribution in [0.15, 0.2) is 17.5 Å². The van der Waals surface area contributed by atoms with Crippen molar-refractivity contribution in [2.75, 3.05) is 24.7 Å². The number of aryl methyl sites for hydroxylation is 1. The predicted molar refractivity (Wildman–Crippen MR) is 125 cm³/mol. The number of aromatic nitrogens is 4. The molecular weight excluding hydrogens is 424 g/mol. The molecule has 168 valence electrons. The van der Waals surface area contributed by atoms with Crippen molar-refractivity contribution in [2.45, 2.75) is 62.7 Å². The standard InChI is InChI=1S/C22H28N8OS/c1-12-8-17(28-27-12)24-18-16-5-7-32-19(16)26-21(25-18)23-13-9-14-4-6-22(20(31)29(2)3)11-15(10-13)30(14)22/h5,7-8,13-15H,4,6,9-11H2,1-3H3,(H3,23,24,25,26,27,28)/t13-,14-,15-,22?/m1/s1. The summed E-state index contributed by atoms with van der Waals surface area (Å²) in [4.78, 5) is 27.7. The molecule has 3 saturated heterocycles. The van der Waals surface area contributed by atoms with Crippen molar-refractivity contribution in [3.05, 3.63) is 23.2 Å². The van der Waals surface area contributed by atoms with Gasteiger partial charge in [0.2, 0.25) is 11.9 Å². The Bertz CT molecular complexity index is 1190. The molecule has 1 unspecified atom stereocenters. The van der Waals surface area contributed by atoms with Gasteiger partial charge in [-0.25, -0.2) is 4.98 Å². The number of H-pyrrole nitrogens is 1. The molecule has 4 atom stereocenters. The van der Waals surface area contributed by atoms with Crippen LogP contribution in [0, 0.1) is 6.92 Å². The molecule has 6 heterocycles. The van der Waals surface area contributed by atoms with Crippen LogP contribution in [0.5, 0.6) is 0 Å². The molecule has 9 nitrogen and oxygen atoms in total. The quantitative estimate of drug-likeness (QED) is 0.547. The van der Waals surface area contributed by atoms with Crippen molar-refractivity contribution in [3.8, 4) is 0 Å². The first kappa shape index (κ1) is 19.9. The molecule has 3 aliphatic heterocycles. The monoisotopic (exact) mass is 452 g/mol. The zero-order valence-corrected chi connectivity index (χ0v) is 19.4. The second-order valence-electron chi connectivity index (χ2n) is 9.60.